The van der Waals surface area contributed by atoms with E-state index in [0.717, 1.165) is 18.5 Å². The number of methoxy groups -OCH3 is 1. The van der Waals surface area contributed by atoms with E-state index in [1.165, 1.54) is 7.11 Å². The molecule has 0 unspecified atom stereocenters. The van der Waals surface area contributed by atoms with Crippen molar-refractivity contribution in [2.75, 3.05) is 20.3 Å². The number of esters is 1. The molecule has 1 aromatic carbocycles. The van der Waals surface area contributed by atoms with Gasteiger partial charge in [0.1, 0.15) is 0 Å². The molecular formula is C14H21NO4. The third kappa shape index (κ3) is 5.61. The van der Waals surface area contributed by atoms with Gasteiger partial charge in [-0.3, -0.25) is 4.79 Å². The lowest BCUT2D eigenvalue weighted by molar-refractivity contribution is -0.143. The summed E-state index contributed by atoms with van der Waals surface area (Å²) in [5.74, 6) is 0.440. The largest absolute Gasteiger partial charge is 0.504 e. The van der Waals surface area contributed by atoms with E-state index in [2.05, 4.69) is 5.32 Å². The van der Waals surface area contributed by atoms with Gasteiger partial charge in [-0.15, -0.1) is 0 Å². The van der Waals surface area contributed by atoms with Crippen LogP contribution in [0.5, 0.6) is 11.5 Å². The Morgan fingerprint density at radius 3 is 2.89 bits per heavy atom. The van der Waals surface area contributed by atoms with Crippen molar-refractivity contribution in [3.8, 4) is 11.5 Å². The van der Waals surface area contributed by atoms with Crippen LogP contribution in [-0.4, -0.2) is 31.3 Å². The number of phenols is 1. The number of carbonyl (C=O) groups is 1. The Labute approximate surface area is 113 Å². The van der Waals surface area contributed by atoms with Crippen molar-refractivity contribution in [3.05, 3.63) is 23.8 Å². The predicted molar refractivity (Wildman–Crippen MR) is 72.2 cm³/mol. The van der Waals surface area contributed by atoms with Crippen LogP contribution >= 0.6 is 0 Å². The monoisotopic (exact) mass is 267 g/mol. The van der Waals surface area contributed by atoms with Crippen LogP contribution in [0.25, 0.3) is 0 Å². The molecule has 0 aliphatic carbocycles. The summed E-state index contributed by atoms with van der Waals surface area (Å²) in [6.45, 7) is 3.63. The van der Waals surface area contributed by atoms with Gasteiger partial charge in [0.15, 0.2) is 11.5 Å². The Bertz CT molecular complexity index is 406. The molecule has 0 amide bonds. The quantitative estimate of drug-likeness (QED) is 0.555. The molecule has 0 aliphatic heterocycles. The van der Waals surface area contributed by atoms with E-state index in [4.69, 9.17) is 9.47 Å². The zero-order valence-corrected chi connectivity index (χ0v) is 11.4. The van der Waals surface area contributed by atoms with Crippen molar-refractivity contribution in [1.82, 2.24) is 5.32 Å². The van der Waals surface area contributed by atoms with Crippen LogP contribution in [0.15, 0.2) is 18.2 Å². The van der Waals surface area contributed by atoms with Gasteiger partial charge in [0.2, 0.25) is 0 Å². The molecule has 0 saturated carbocycles. The summed E-state index contributed by atoms with van der Waals surface area (Å²) in [7, 11) is 1.52. The first-order valence-electron chi connectivity index (χ1n) is 6.39. The van der Waals surface area contributed by atoms with E-state index < -0.39 is 0 Å². The smallest absolute Gasteiger partial charge is 0.305 e. The molecule has 5 nitrogen and oxygen atoms in total. The molecule has 0 heterocycles. The van der Waals surface area contributed by atoms with Crippen LogP contribution in [0.3, 0.4) is 0 Å². The highest BCUT2D eigenvalue weighted by Gasteiger charge is 2.03. The Morgan fingerprint density at radius 1 is 1.42 bits per heavy atom. The number of hydrogen-bond acceptors (Lipinski definition) is 5. The third-order valence-electron chi connectivity index (χ3n) is 2.61. The van der Waals surface area contributed by atoms with Gasteiger partial charge >= 0.3 is 5.97 Å². The first-order valence-corrected chi connectivity index (χ1v) is 6.39. The van der Waals surface area contributed by atoms with Crippen molar-refractivity contribution in [2.24, 2.45) is 0 Å². The summed E-state index contributed by atoms with van der Waals surface area (Å²) in [6, 6.07) is 5.22. The summed E-state index contributed by atoms with van der Waals surface area (Å²) >= 11 is 0. The normalized spacial score (nSPS) is 10.2. The Balaban J connectivity index is 2.24. The average molecular weight is 267 g/mol. The minimum atomic E-state index is -0.157. The Hall–Kier alpha value is -1.75. The fourth-order valence-corrected chi connectivity index (χ4v) is 1.66. The maximum Gasteiger partial charge on any atom is 0.305 e. The molecule has 2 N–H and O–H groups in total. The van der Waals surface area contributed by atoms with Crippen LogP contribution in [0.2, 0.25) is 0 Å². The number of carbonyl (C=O) groups excluding carboxylic acids is 1. The van der Waals surface area contributed by atoms with Crippen LogP contribution < -0.4 is 10.1 Å². The molecule has 0 aromatic heterocycles. The number of rotatable bonds is 8. The molecule has 0 aliphatic rings. The molecule has 0 fully saturated rings. The fourth-order valence-electron chi connectivity index (χ4n) is 1.66. The lowest BCUT2D eigenvalue weighted by Gasteiger charge is -2.08. The zero-order valence-electron chi connectivity index (χ0n) is 11.4. The highest BCUT2D eigenvalue weighted by Crippen LogP contribution is 2.26. The number of hydrogen-bond donors (Lipinski definition) is 2. The fraction of sp³-hybridized carbons (Fsp3) is 0.500. The van der Waals surface area contributed by atoms with Crippen LogP contribution in [0, 0.1) is 0 Å². The number of phenolic OH excluding ortho intramolecular Hbond substituents is 1. The average Bonchev–Trinajstić information content (AvgIpc) is 2.40. The molecular weight excluding hydrogens is 246 g/mol. The van der Waals surface area contributed by atoms with E-state index in [1.54, 1.807) is 19.1 Å². The van der Waals surface area contributed by atoms with E-state index in [0.29, 0.717) is 25.3 Å². The minimum absolute atomic E-state index is 0.133. The Kier molecular flexibility index (Phi) is 6.74. The summed E-state index contributed by atoms with van der Waals surface area (Å²) in [5, 5.41) is 12.7. The first-order chi connectivity index (χ1) is 9.17. The van der Waals surface area contributed by atoms with Crippen molar-refractivity contribution in [2.45, 2.75) is 26.3 Å². The van der Waals surface area contributed by atoms with Gasteiger partial charge in [0.05, 0.1) is 13.7 Å². The lowest BCUT2D eigenvalue weighted by Crippen LogP contribution is -2.16. The van der Waals surface area contributed by atoms with Gasteiger partial charge < -0.3 is 19.9 Å². The van der Waals surface area contributed by atoms with Gasteiger partial charge in [-0.2, -0.15) is 0 Å². The molecule has 5 heteroatoms. The zero-order chi connectivity index (χ0) is 14.1. The molecule has 0 bridgehead atoms. The van der Waals surface area contributed by atoms with Crippen molar-refractivity contribution in [1.29, 1.82) is 0 Å². The van der Waals surface area contributed by atoms with E-state index in [9.17, 15) is 9.90 Å². The maximum absolute atomic E-state index is 11.1. The van der Waals surface area contributed by atoms with E-state index in [-0.39, 0.29) is 11.7 Å². The van der Waals surface area contributed by atoms with Gasteiger partial charge in [0, 0.05) is 13.0 Å². The highest BCUT2D eigenvalue weighted by molar-refractivity contribution is 5.69. The Morgan fingerprint density at radius 2 is 2.21 bits per heavy atom. The summed E-state index contributed by atoms with van der Waals surface area (Å²) in [6.07, 6.45) is 1.17. The second-order valence-electron chi connectivity index (χ2n) is 4.09. The molecule has 1 rings (SSSR count). The van der Waals surface area contributed by atoms with Crippen molar-refractivity contribution in [3.63, 3.8) is 0 Å². The summed E-state index contributed by atoms with van der Waals surface area (Å²) in [4.78, 5) is 11.1. The first kappa shape index (κ1) is 15.3. The number of nitrogens with one attached hydrogen (secondary N) is 1. The van der Waals surface area contributed by atoms with E-state index in [1.807, 2.05) is 6.07 Å². The second kappa shape index (κ2) is 8.37. The summed E-state index contributed by atoms with van der Waals surface area (Å²) in [5.41, 5.74) is 1.02. The third-order valence-corrected chi connectivity index (χ3v) is 2.61. The van der Waals surface area contributed by atoms with Crippen LogP contribution in [0.1, 0.15) is 25.3 Å². The molecule has 0 saturated heterocycles. The lowest BCUT2D eigenvalue weighted by atomic mass is 10.2. The van der Waals surface area contributed by atoms with Gasteiger partial charge in [-0.25, -0.2) is 0 Å². The highest BCUT2D eigenvalue weighted by atomic mass is 16.5. The number of ether oxygens (including phenoxy) is 2. The van der Waals surface area contributed by atoms with E-state index >= 15 is 0 Å². The maximum atomic E-state index is 11.1. The molecule has 106 valence electrons. The van der Waals surface area contributed by atoms with Crippen molar-refractivity contribution >= 4 is 5.97 Å². The minimum Gasteiger partial charge on any atom is -0.504 e. The van der Waals surface area contributed by atoms with Gasteiger partial charge in [-0.05, 0) is 37.6 Å². The topological polar surface area (TPSA) is 67.8 Å². The number of aromatic hydroxyl groups is 1. The molecule has 1 aromatic rings. The van der Waals surface area contributed by atoms with Crippen LogP contribution in [-0.2, 0) is 16.1 Å². The van der Waals surface area contributed by atoms with Crippen LogP contribution in [0.4, 0.5) is 0 Å². The molecule has 19 heavy (non-hydrogen) atoms. The predicted octanol–water partition coefficient (Wildman–Crippen LogP) is 1.83. The molecule has 0 radical (unpaired) electrons. The van der Waals surface area contributed by atoms with Gasteiger partial charge in [-0.1, -0.05) is 6.07 Å². The molecule has 0 atom stereocenters. The second-order valence-corrected chi connectivity index (χ2v) is 4.09. The molecule has 0 spiro atoms. The summed E-state index contributed by atoms with van der Waals surface area (Å²) < 4.78 is 9.87. The SMILES string of the molecule is CCOC(=O)CCCNCc1ccc(O)c(OC)c1. The number of benzene rings is 1. The van der Waals surface area contributed by atoms with Gasteiger partial charge in [0.25, 0.3) is 0 Å². The standard InChI is InChI=1S/C14H21NO4/c1-3-19-14(17)5-4-8-15-10-11-6-7-12(16)13(9-11)18-2/h6-7,9,15-16H,3-5,8,10H2,1-2H3. The van der Waals surface area contributed by atoms with Crippen molar-refractivity contribution < 1.29 is 19.4 Å².